The number of benzene rings is 3. The van der Waals surface area contributed by atoms with Gasteiger partial charge in [-0.3, -0.25) is 24.5 Å². The highest BCUT2D eigenvalue weighted by molar-refractivity contribution is 6.31. The second kappa shape index (κ2) is 8.49. The molecule has 2 fully saturated rings. The number of anilines is 3. The number of imide groups is 1. The Morgan fingerprint density at radius 1 is 0.974 bits per heavy atom. The van der Waals surface area contributed by atoms with E-state index >= 15 is 0 Å². The fourth-order valence-corrected chi connectivity index (χ4v) is 7.14. The van der Waals surface area contributed by atoms with Crippen LogP contribution >= 0.6 is 11.6 Å². The van der Waals surface area contributed by atoms with Crippen LogP contribution in [0.15, 0.2) is 72.8 Å². The van der Waals surface area contributed by atoms with Gasteiger partial charge < -0.3 is 9.80 Å². The Hall–Kier alpha value is -4.01. The minimum Gasteiger partial charge on any atom is -0.310 e. The van der Waals surface area contributed by atoms with Crippen LogP contribution in [-0.4, -0.2) is 42.8 Å². The number of amides is 4. The van der Waals surface area contributed by atoms with Crippen molar-refractivity contribution >= 4 is 52.3 Å². The standard InChI is InChI=1S/C30H25ClN4O4/c1-17-25-26(28(38)35(27(25)37)20-9-6-8-19(31)15-20)30(32-17)21-10-3-5-12-23(21)34(29(30)39)16-24(36)33-14-13-18-7-2-4-11-22(18)33/h2-12,15,17,25-26,32H,13-14,16H2,1H3/t17-,25-,26+,30+/m1/s1. The number of nitrogens with one attached hydrogen (secondary N) is 1. The van der Waals surface area contributed by atoms with Gasteiger partial charge in [0.2, 0.25) is 17.7 Å². The Kier molecular flexibility index (Phi) is 5.24. The molecule has 3 aromatic carbocycles. The van der Waals surface area contributed by atoms with Gasteiger partial charge >= 0.3 is 0 Å². The second-order valence-electron chi connectivity index (χ2n) is 10.6. The summed E-state index contributed by atoms with van der Waals surface area (Å²) in [5.74, 6) is -3.10. The van der Waals surface area contributed by atoms with E-state index in [9.17, 15) is 19.2 Å². The molecule has 7 rings (SSSR count). The molecule has 8 nitrogen and oxygen atoms in total. The smallest absolute Gasteiger partial charge is 0.253 e. The molecule has 1 spiro atoms. The average Bonchev–Trinajstić information content (AvgIpc) is 3.63. The molecule has 9 heteroatoms. The molecule has 0 saturated carbocycles. The summed E-state index contributed by atoms with van der Waals surface area (Å²) >= 11 is 6.17. The van der Waals surface area contributed by atoms with Crippen molar-refractivity contribution in [2.24, 2.45) is 11.8 Å². The lowest BCUT2D eigenvalue weighted by atomic mass is 9.76. The molecule has 0 bridgehead atoms. The van der Waals surface area contributed by atoms with Gasteiger partial charge in [0, 0.05) is 34.5 Å². The first kappa shape index (κ1) is 24.1. The van der Waals surface area contributed by atoms with Crippen molar-refractivity contribution in [2.45, 2.75) is 24.9 Å². The van der Waals surface area contributed by atoms with Crippen LogP contribution < -0.4 is 20.0 Å². The molecule has 0 aliphatic carbocycles. The molecule has 4 amide bonds. The van der Waals surface area contributed by atoms with Gasteiger partial charge in [0.15, 0.2) is 0 Å². The zero-order chi connectivity index (χ0) is 27.1. The van der Waals surface area contributed by atoms with E-state index in [0.29, 0.717) is 28.5 Å². The third-order valence-electron chi connectivity index (χ3n) is 8.56. The highest BCUT2D eigenvalue weighted by atomic mass is 35.5. The third-order valence-corrected chi connectivity index (χ3v) is 8.80. The summed E-state index contributed by atoms with van der Waals surface area (Å²) in [6.45, 7) is 2.21. The molecule has 3 aromatic rings. The van der Waals surface area contributed by atoms with Crippen LogP contribution in [-0.2, 0) is 31.1 Å². The van der Waals surface area contributed by atoms with Crippen molar-refractivity contribution in [3.8, 4) is 0 Å². The van der Waals surface area contributed by atoms with E-state index < -0.39 is 35.2 Å². The fourth-order valence-electron chi connectivity index (χ4n) is 6.95. The normalized spacial score (nSPS) is 27.0. The van der Waals surface area contributed by atoms with Gasteiger partial charge in [-0.05, 0) is 49.2 Å². The SMILES string of the molecule is C[C@H]1N[C@]2(C(=O)N(CC(=O)N3CCc4ccccc43)c3ccccc32)[C@@H]2C(=O)N(c3cccc(Cl)c3)C(=O)[C@@H]21. The van der Waals surface area contributed by atoms with E-state index in [1.165, 1.54) is 4.90 Å². The first-order valence-corrected chi connectivity index (χ1v) is 13.4. The number of nitrogens with zero attached hydrogens (tertiary/aromatic N) is 3. The molecule has 0 unspecified atom stereocenters. The van der Waals surface area contributed by atoms with Crippen LogP contribution in [0.5, 0.6) is 0 Å². The first-order chi connectivity index (χ1) is 18.8. The van der Waals surface area contributed by atoms with Gasteiger partial charge in [0.1, 0.15) is 12.1 Å². The predicted molar refractivity (Wildman–Crippen MR) is 146 cm³/mol. The van der Waals surface area contributed by atoms with Crippen LogP contribution in [0.3, 0.4) is 0 Å². The largest absolute Gasteiger partial charge is 0.310 e. The van der Waals surface area contributed by atoms with Gasteiger partial charge in [0.25, 0.3) is 5.91 Å². The summed E-state index contributed by atoms with van der Waals surface area (Å²) in [5.41, 5.74) is 2.07. The summed E-state index contributed by atoms with van der Waals surface area (Å²) in [5, 5.41) is 3.76. The molecule has 4 heterocycles. The molecule has 4 aliphatic heterocycles. The summed E-state index contributed by atoms with van der Waals surface area (Å²) in [7, 11) is 0. The molecule has 0 aromatic heterocycles. The Morgan fingerprint density at radius 2 is 1.72 bits per heavy atom. The van der Waals surface area contributed by atoms with Crippen LogP contribution in [0.2, 0.25) is 5.02 Å². The highest BCUT2D eigenvalue weighted by Crippen LogP contribution is 2.55. The van der Waals surface area contributed by atoms with E-state index in [4.69, 9.17) is 11.6 Å². The van der Waals surface area contributed by atoms with E-state index in [1.807, 2.05) is 49.4 Å². The molecule has 1 N–H and O–H groups in total. The third kappa shape index (κ3) is 3.22. The van der Waals surface area contributed by atoms with Gasteiger partial charge in [-0.25, -0.2) is 4.90 Å². The first-order valence-electron chi connectivity index (χ1n) is 13.0. The van der Waals surface area contributed by atoms with Crippen LogP contribution in [0.4, 0.5) is 17.1 Å². The number of hydrogen-bond acceptors (Lipinski definition) is 5. The minimum absolute atomic E-state index is 0.167. The Labute approximate surface area is 230 Å². The van der Waals surface area contributed by atoms with Gasteiger partial charge in [-0.1, -0.05) is 54.1 Å². The zero-order valence-electron chi connectivity index (χ0n) is 21.1. The number of carbonyl (C=O) groups excluding carboxylic acids is 4. The molecule has 196 valence electrons. The topological polar surface area (TPSA) is 90.0 Å². The summed E-state index contributed by atoms with van der Waals surface area (Å²) in [6.07, 6.45) is 0.759. The van der Waals surface area contributed by atoms with Crippen molar-refractivity contribution in [3.05, 3.63) is 88.9 Å². The lowest BCUT2D eigenvalue weighted by Crippen LogP contribution is -2.56. The maximum Gasteiger partial charge on any atom is 0.253 e. The maximum atomic E-state index is 14.4. The molecule has 4 atom stereocenters. The number of hydrogen-bond donors (Lipinski definition) is 1. The molecule has 39 heavy (non-hydrogen) atoms. The van der Waals surface area contributed by atoms with Crippen LogP contribution in [0, 0.1) is 11.8 Å². The lowest BCUT2D eigenvalue weighted by molar-refractivity contribution is -0.132. The van der Waals surface area contributed by atoms with Crippen molar-refractivity contribution in [3.63, 3.8) is 0 Å². The second-order valence-corrected chi connectivity index (χ2v) is 11.0. The number of halogens is 1. The molecular weight excluding hydrogens is 516 g/mol. The summed E-state index contributed by atoms with van der Waals surface area (Å²) in [4.78, 5) is 60.0. The quantitative estimate of drug-likeness (QED) is 0.515. The Morgan fingerprint density at radius 3 is 2.51 bits per heavy atom. The summed E-state index contributed by atoms with van der Waals surface area (Å²) < 4.78 is 0. The Bertz CT molecular complexity index is 1590. The van der Waals surface area contributed by atoms with Crippen molar-refractivity contribution in [1.82, 2.24) is 5.32 Å². The monoisotopic (exact) mass is 540 g/mol. The minimum atomic E-state index is -1.45. The van der Waals surface area contributed by atoms with E-state index in [2.05, 4.69) is 5.32 Å². The van der Waals surface area contributed by atoms with Gasteiger partial charge in [-0.15, -0.1) is 0 Å². The molecular formula is C30H25ClN4O4. The van der Waals surface area contributed by atoms with E-state index in [-0.39, 0.29) is 18.4 Å². The highest BCUT2D eigenvalue weighted by Gasteiger charge is 2.71. The van der Waals surface area contributed by atoms with E-state index in [0.717, 1.165) is 22.6 Å². The van der Waals surface area contributed by atoms with Gasteiger partial charge in [-0.2, -0.15) is 0 Å². The number of carbonyl (C=O) groups is 4. The number of rotatable bonds is 3. The van der Waals surface area contributed by atoms with E-state index in [1.54, 1.807) is 35.2 Å². The molecule has 0 radical (unpaired) electrons. The van der Waals surface area contributed by atoms with Crippen molar-refractivity contribution in [2.75, 3.05) is 27.8 Å². The number of para-hydroxylation sites is 2. The predicted octanol–water partition coefficient (Wildman–Crippen LogP) is 3.27. The lowest BCUT2D eigenvalue weighted by Gasteiger charge is -2.30. The fraction of sp³-hybridized carbons (Fsp3) is 0.267. The molecule has 4 aliphatic rings. The van der Waals surface area contributed by atoms with Crippen LogP contribution in [0.25, 0.3) is 0 Å². The average molecular weight is 541 g/mol. The van der Waals surface area contributed by atoms with Crippen LogP contribution in [0.1, 0.15) is 18.1 Å². The Balaban J connectivity index is 1.28. The van der Waals surface area contributed by atoms with Gasteiger partial charge in [0.05, 0.1) is 17.5 Å². The number of fused-ring (bicyclic) bond motifs is 5. The zero-order valence-corrected chi connectivity index (χ0v) is 21.9. The molecule has 2 saturated heterocycles. The van der Waals surface area contributed by atoms with Crippen molar-refractivity contribution in [1.29, 1.82) is 0 Å². The van der Waals surface area contributed by atoms with Crippen molar-refractivity contribution < 1.29 is 19.2 Å². The summed E-state index contributed by atoms with van der Waals surface area (Å²) in [6, 6.07) is 21.1. The maximum absolute atomic E-state index is 14.4.